The van der Waals surface area contributed by atoms with Gasteiger partial charge in [-0.2, -0.15) is 5.10 Å². The van der Waals surface area contributed by atoms with Crippen molar-refractivity contribution >= 4 is 17.3 Å². The molecule has 0 aliphatic heterocycles. The van der Waals surface area contributed by atoms with E-state index in [1.807, 2.05) is 7.05 Å². The second-order valence-corrected chi connectivity index (χ2v) is 6.74. The molecule has 1 heterocycles. The van der Waals surface area contributed by atoms with E-state index in [2.05, 4.69) is 5.10 Å². The number of aryl methyl sites for hydroxylation is 1. The molecule has 0 saturated heterocycles. The van der Waals surface area contributed by atoms with E-state index >= 15 is 0 Å². The fraction of sp³-hybridized carbons (Fsp3) is 0.438. The zero-order chi connectivity index (χ0) is 16.4. The van der Waals surface area contributed by atoms with E-state index in [1.165, 1.54) is 11.3 Å². The van der Waals surface area contributed by atoms with Crippen LogP contribution in [0.15, 0.2) is 29.3 Å². The molecule has 6 nitrogen and oxygen atoms in total. The van der Waals surface area contributed by atoms with E-state index in [0.717, 1.165) is 41.1 Å². The molecular formula is C16H19N3O3S. The largest absolute Gasteiger partial charge is 0.478 e. The van der Waals surface area contributed by atoms with Crippen molar-refractivity contribution < 1.29 is 15.0 Å². The SMILES string of the molecule is Cn1nc(-c2ccc(C(=O)O)cc2)s/c1=N/C1CCC(O)CC1. The first-order chi connectivity index (χ1) is 11.0. The van der Waals surface area contributed by atoms with Gasteiger partial charge in [0.05, 0.1) is 17.7 Å². The van der Waals surface area contributed by atoms with Gasteiger partial charge in [-0.3, -0.25) is 4.99 Å². The number of rotatable bonds is 3. The number of benzene rings is 1. The third-order valence-corrected chi connectivity index (χ3v) is 5.11. The molecule has 1 saturated carbocycles. The molecule has 3 rings (SSSR count). The molecule has 1 aromatic carbocycles. The van der Waals surface area contributed by atoms with Gasteiger partial charge >= 0.3 is 5.97 Å². The molecule has 0 radical (unpaired) electrons. The third-order valence-electron chi connectivity index (χ3n) is 4.04. The van der Waals surface area contributed by atoms with Gasteiger partial charge < -0.3 is 10.2 Å². The molecule has 7 heteroatoms. The fourth-order valence-corrected chi connectivity index (χ4v) is 3.64. The number of nitrogens with zero attached hydrogens (tertiary/aromatic N) is 3. The maximum Gasteiger partial charge on any atom is 0.335 e. The molecule has 1 aromatic heterocycles. The Morgan fingerprint density at radius 2 is 1.91 bits per heavy atom. The van der Waals surface area contributed by atoms with E-state index in [1.54, 1.807) is 28.9 Å². The molecular weight excluding hydrogens is 314 g/mol. The Morgan fingerprint density at radius 3 is 2.52 bits per heavy atom. The summed E-state index contributed by atoms with van der Waals surface area (Å²) in [5, 5.41) is 23.8. The number of hydrogen-bond acceptors (Lipinski definition) is 5. The summed E-state index contributed by atoms with van der Waals surface area (Å²) in [5.41, 5.74) is 1.15. The van der Waals surface area contributed by atoms with Crippen LogP contribution in [0.2, 0.25) is 0 Å². The van der Waals surface area contributed by atoms with Crippen LogP contribution in [0.25, 0.3) is 10.6 Å². The van der Waals surface area contributed by atoms with Crippen molar-refractivity contribution in [1.29, 1.82) is 0 Å². The van der Waals surface area contributed by atoms with Crippen molar-refractivity contribution in [3.8, 4) is 10.6 Å². The van der Waals surface area contributed by atoms with Crippen LogP contribution in [0.4, 0.5) is 0 Å². The summed E-state index contributed by atoms with van der Waals surface area (Å²) < 4.78 is 1.76. The second kappa shape index (κ2) is 6.64. The van der Waals surface area contributed by atoms with Gasteiger partial charge in [0.2, 0.25) is 4.80 Å². The number of carboxylic acid groups (broad SMARTS) is 1. The molecule has 0 atom stereocenters. The van der Waals surface area contributed by atoms with E-state index in [0.29, 0.717) is 0 Å². The predicted molar refractivity (Wildman–Crippen MR) is 87.3 cm³/mol. The number of aliphatic hydroxyl groups excluding tert-OH is 1. The molecule has 0 spiro atoms. The number of hydrogen-bond donors (Lipinski definition) is 2. The minimum atomic E-state index is -0.934. The predicted octanol–water partition coefficient (Wildman–Crippen LogP) is 2.05. The molecule has 1 aliphatic carbocycles. The Bertz CT molecular complexity index is 756. The van der Waals surface area contributed by atoms with Gasteiger partial charge in [-0.1, -0.05) is 23.5 Å². The van der Waals surface area contributed by atoms with Crippen molar-refractivity contribution in [1.82, 2.24) is 9.78 Å². The Balaban J connectivity index is 1.84. The summed E-state index contributed by atoms with van der Waals surface area (Å²) in [5.74, 6) is -0.934. The summed E-state index contributed by atoms with van der Waals surface area (Å²) in [4.78, 5) is 16.5. The molecule has 2 N–H and O–H groups in total. The first kappa shape index (κ1) is 15.9. The fourth-order valence-electron chi connectivity index (χ4n) is 2.68. The number of aromatic nitrogens is 2. The summed E-state index contributed by atoms with van der Waals surface area (Å²) in [6, 6.07) is 6.94. The molecule has 0 bridgehead atoms. The van der Waals surface area contributed by atoms with Crippen molar-refractivity contribution in [3.05, 3.63) is 34.6 Å². The van der Waals surface area contributed by atoms with E-state index in [9.17, 15) is 9.90 Å². The molecule has 1 fully saturated rings. The maximum absolute atomic E-state index is 10.9. The number of carbonyl (C=O) groups is 1. The standard InChI is InChI=1S/C16H19N3O3S/c1-19-16(17-12-6-8-13(20)9-7-12)23-14(18-19)10-2-4-11(5-3-10)15(21)22/h2-5,12-13,20H,6-9H2,1H3,(H,21,22)/b17-16+. The van der Waals surface area contributed by atoms with Crippen LogP contribution in [-0.4, -0.2) is 38.1 Å². The van der Waals surface area contributed by atoms with Crippen LogP contribution in [0.1, 0.15) is 36.0 Å². The number of aliphatic hydroxyl groups is 1. The van der Waals surface area contributed by atoms with Crippen LogP contribution in [0.5, 0.6) is 0 Å². The molecule has 1 aliphatic rings. The summed E-state index contributed by atoms with van der Waals surface area (Å²) in [6.45, 7) is 0. The zero-order valence-electron chi connectivity index (χ0n) is 12.8. The highest BCUT2D eigenvalue weighted by Gasteiger charge is 2.19. The van der Waals surface area contributed by atoms with Crippen molar-refractivity contribution in [3.63, 3.8) is 0 Å². The minimum absolute atomic E-state index is 0.181. The lowest BCUT2D eigenvalue weighted by atomic mass is 9.94. The van der Waals surface area contributed by atoms with Crippen LogP contribution < -0.4 is 4.80 Å². The quantitative estimate of drug-likeness (QED) is 0.900. The Labute approximate surface area is 137 Å². The van der Waals surface area contributed by atoms with Gasteiger partial charge in [0, 0.05) is 12.6 Å². The van der Waals surface area contributed by atoms with Crippen molar-refractivity contribution in [2.24, 2.45) is 12.0 Å². The lowest BCUT2D eigenvalue weighted by molar-refractivity contribution is 0.0697. The smallest absolute Gasteiger partial charge is 0.335 e. The lowest BCUT2D eigenvalue weighted by Crippen LogP contribution is -2.24. The van der Waals surface area contributed by atoms with E-state index in [4.69, 9.17) is 10.1 Å². The molecule has 2 aromatic rings. The van der Waals surface area contributed by atoms with Gasteiger partial charge in [-0.05, 0) is 37.8 Å². The zero-order valence-corrected chi connectivity index (χ0v) is 13.7. The van der Waals surface area contributed by atoms with Gasteiger partial charge in [0.1, 0.15) is 5.01 Å². The van der Waals surface area contributed by atoms with Crippen LogP contribution >= 0.6 is 11.3 Å². The highest BCUT2D eigenvalue weighted by Crippen LogP contribution is 2.22. The Kier molecular flexibility index (Phi) is 4.58. The van der Waals surface area contributed by atoms with Crippen molar-refractivity contribution in [2.75, 3.05) is 0 Å². The monoisotopic (exact) mass is 333 g/mol. The van der Waals surface area contributed by atoms with Crippen molar-refractivity contribution in [2.45, 2.75) is 37.8 Å². The average molecular weight is 333 g/mol. The maximum atomic E-state index is 10.9. The topological polar surface area (TPSA) is 87.7 Å². The Morgan fingerprint density at radius 1 is 1.26 bits per heavy atom. The normalized spacial score (nSPS) is 22.3. The van der Waals surface area contributed by atoms with Crippen LogP contribution in [0, 0.1) is 0 Å². The number of carboxylic acids is 1. The van der Waals surface area contributed by atoms with E-state index < -0.39 is 5.97 Å². The van der Waals surface area contributed by atoms with Gasteiger partial charge in [0.15, 0.2) is 0 Å². The summed E-state index contributed by atoms with van der Waals surface area (Å²) in [7, 11) is 1.86. The summed E-state index contributed by atoms with van der Waals surface area (Å²) in [6.07, 6.45) is 3.24. The Hall–Kier alpha value is -1.99. The highest BCUT2D eigenvalue weighted by atomic mass is 32.1. The first-order valence-corrected chi connectivity index (χ1v) is 8.44. The third kappa shape index (κ3) is 3.68. The molecule has 0 amide bonds. The molecule has 23 heavy (non-hydrogen) atoms. The van der Waals surface area contributed by atoms with Crippen LogP contribution in [-0.2, 0) is 7.05 Å². The average Bonchev–Trinajstić information content (AvgIpc) is 2.91. The lowest BCUT2D eigenvalue weighted by Gasteiger charge is -2.21. The van der Waals surface area contributed by atoms with Gasteiger partial charge in [-0.25, -0.2) is 9.48 Å². The number of aromatic carboxylic acids is 1. The molecule has 122 valence electrons. The second-order valence-electron chi connectivity index (χ2n) is 5.79. The summed E-state index contributed by atoms with van der Waals surface area (Å²) >= 11 is 1.50. The van der Waals surface area contributed by atoms with Crippen LogP contribution in [0.3, 0.4) is 0 Å². The minimum Gasteiger partial charge on any atom is -0.478 e. The van der Waals surface area contributed by atoms with E-state index in [-0.39, 0.29) is 17.7 Å². The highest BCUT2D eigenvalue weighted by molar-refractivity contribution is 7.12. The molecule has 0 unspecified atom stereocenters. The van der Waals surface area contributed by atoms with Gasteiger partial charge in [0.25, 0.3) is 0 Å². The van der Waals surface area contributed by atoms with Gasteiger partial charge in [-0.15, -0.1) is 0 Å². The first-order valence-electron chi connectivity index (χ1n) is 7.62.